The van der Waals surface area contributed by atoms with E-state index in [0.29, 0.717) is 5.56 Å². The molecule has 1 aromatic rings. The molecule has 0 heterocycles. The summed E-state index contributed by atoms with van der Waals surface area (Å²) in [6.45, 7) is 3.37. The van der Waals surface area contributed by atoms with Crippen LogP contribution in [0.3, 0.4) is 0 Å². The average molecular weight is 311 g/mol. The van der Waals surface area contributed by atoms with Crippen molar-refractivity contribution in [1.82, 2.24) is 5.32 Å². The number of ether oxygens (including phenoxy) is 2. The molecule has 0 saturated heterocycles. The van der Waals surface area contributed by atoms with Gasteiger partial charge in [-0.05, 0) is 31.5 Å². The number of aliphatic carboxylic acids is 1. The van der Waals surface area contributed by atoms with Crippen LogP contribution < -0.4 is 10.1 Å². The second kappa shape index (κ2) is 8.23. The van der Waals surface area contributed by atoms with E-state index in [1.807, 2.05) is 0 Å². The summed E-state index contributed by atoms with van der Waals surface area (Å²) in [6, 6.07) is 3.43. The van der Waals surface area contributed by atoms with E-state index in [1.54, 1.807) is 19.9 Å². The molecule has 0 fully saturated rings. The summed E-state index contributed by atoms with van der Waals surface area (Å²) in [7, 11) is 1.40. The zero-order valence-electron chi connectivity index (χ0n) is 12.8. The summed E-state index contributed by atoms with van der Waals surface area (Å²) in [5, 5.41) is 21.1. The lowest BCUT2D eigenvalue weighted by molar-refractivity contribution is -0.142. The highest BCUT2D eigenvalue weighted by molar-refractivity contribution is 5.84. The van der Waals surface area contributed by atoms with Gasteiger partial charge in [0.1, 0.15) is 12.6 Å². The van der Waals surface area contributed by atoms with Crippen LogP contribution in [0.5, 0.6) is 11.5 Å². The molecule has 0 aromatic heterocycles. The first-order chi connectivity index (χ1) is 10.3. The van der Waals surface area contributed by atoms with Crippen LogP contribution in [-0.2, 0) is 20.7 Å². The van der Waals surface area contributed by atoms with Gasteiger partial charge in [-0.25, -0.2) is 4.79 Å². The first-order valence-corrected chi connectivity index (χ1v) is 6.83. The fourth-order valence-corrected chi connectivity index (χ4v) is 1.76. The summed E-state index contributed by atoms with van der Waals surface area (Å²) in [5.74, 6) is -1.43. The molecule has 0 aliphatic rings. The minimum atomic E-state index is -1.15. The maximum absolute atomic E-state index is 11.7. The largest absolute Gasteiger partial charge is 0.504 e. The third-order valence-electron chi connectivity index (χ3n) is 2.87. The normalized spacial score (nSPS) is 12.0. The molecule has 1 unspecified atom stereocenters. The third kappa shape index (κ3) is 5.61. The number of carbonyl (C=O) groups is 2. The van der Waals surface area contributed by atoms with E-state index in [9.17, 15) is 19.8 Å². The molecular weight excluding hydrogens is 290 g/mol. The van der Waals surface area contributed by atoms with Crippen molar-refractivity contribution in [2.24, 2.45) is 0 Å². The smallest absolute Gasteiger partial charge is 0.326 e. The van der Waals surface area contributed by atoms with Crippen molar-refractivity contribution >= 4 is 11.9 Å². The van der Waals surface area contributed by atoms with Gasteiger partial charge in [-0.3, -0.25) is 4.79 Å². The molecule has 7 nitrogen and oxygen atoms in total. The highest BCUT2D eigenvalue weighted by atomic mass is 16.5. The molecule has 1 aromatic carbocycles. The van der Waals surface area contributed by atoms with Crippen molar-refractivity contribution < 1.29 is 29.3 Å². The summed E-state index contributed by atoms with van der Waals surface area (Å²) in [4.78, 5) is 22.9. The predicted molar refractivity (Wildman–Crippen MR) is 79.0 cm³/mol. The fraction of sp³-hybridized carbons (Fsp3) is 0.467. The van der Waals surface area contributed by atoms with E-state index in [0.717, 1.165) is 0 Å². The quantitative estimate of drug-likeness (QED) is 0.660. The van der Waals surface area contributed by atoms with E-state index in [4.69, 9.17) is 9.47 Å². The number of hydrogen-bond donors (Lipinski definition) is 3. The maximum Gasteiger partial charge on any atom is 0.326 e. The van der Waals surface area contributed by atoms with Gasteiger partial charge in [0.15, 0.2) is 11.5 Å². The van der Waals surface area contributed by atoms with Gasteiger partial charge in [-0.1, -0.05) is 6.07 Å². The minimum absolute atomic E-state index is 0.0347. The standard InChI is InChI=1S/C15H21NO6/c1-9(2)22-8-14(18)16-11(15(19)20)6-10-4-5-12(17)13(7-10)21-3/h4-5,7,9,11,17H,6,8H2,1-3H3,(H,16,18)(H,19,20). The van der Waals surface area contributed by atoms with E-state index < -0.39 is 17.9 Å². The van der Waals surface area contributed by atoms with Crippen LogP contribution in [0.1, 0.15) is 19.4 Å². The van der Waals surface area contributed by atoms with Gasteiger partial charge in [-0.2, -0.15) is 0 Å². The molecule has 1 amide bonds. The number of phenols is 1. The lowest BCUT2D eigenvalue weighted by Crippen LogP contribution is -2.44. The maximum atomic E-state index is 11.7. The molecule has 0 saturated carbocycles. The number of rotatable bonds is 8. The topological polar surface area (TPSA) is 105 Å². The molecule has 122 valence electrons. The van der Waals surface area contributed by atoms with Crippen LogP contribution in [0.4, 0.5) is 0 Å². The monoisotopic (exact) mass is 311 g/mol. The van der Waals surface area contributed by atoms with Gasteiger partial charge >= 0.3 is 5.97 Å². The molecule has 0 bridgehead atoms. The highest BCUT2D eigenvalue weighted by Crippen LogP contribution is 2.26. The van der Waals surface area contributed by atoms with Crippen molar-refractivity contribution in [1.29, 1.82) is 0 Å². The number of methoxy groups -OCH3 is 1. The zero-order valence-corrected chi connectivity index (χ0v) is 12.8. The number of carboxylic acids is 1. The Kier molecular flexibility index (Phi) is 6.65. The van der Waals surface area contributed by atoms with Crippen LogP contribution in [-0.4, -0.2) is 48.0 Å². The van der Waals surface area contributed by atoms with Gasteiger partial charge in [0.25, 0.3) is 0 Å². The number of aromatic hydroxyl groups is 1. The Bertz CT molecular complexity index is 529. The third-order valence-corrected chi connectivity index (χ3v) is 2.87. The minimum Gasteiger partial charge on any atom is -0.504 e. The van der Waals surface area contributed by atoms with Crippen molar-refractivity contribution in [3.05, 3.63) is 23.8 Å². The molecule has 1 atom stereocenters. The van der Waals surface area contributed by atoms with Crippen LogP contribution in [0.25, 0.3) is 0 Å². The first-order valence-electron chi connectivity index (χ1n) is 6.83. The fourth-order valence-electron chi connectivity index (χ4n) is 1.76. The van der Waals surface area contributed by atoms with E-state index in [2.05, 4.69) is 5.32 Å². The second-order valence-electron chi connectivity index (χ2n) is 5.03. The van der Waals surface area contributed by atoms with E-state index in [-0.39, 0.29) is 30.6 Å². The molecule has 0 radical (unpaired) electrons. The van der Waals surface area contributed by atoms with Gasteiger partial charge in [0.2, 0.25) is 5.91 Å². The van der Waals surface area contributed by atoms with Gasteiger partial charge in [0, 0.05) is 6.42 Å². The van der Waals surface area contributed by atoms with Gasteiger partial charge < -0.3 is 25.0 Å². The Hall–Kier alpha value is -2.28. The SMILES string of the molecule is COc1cc(CC(NC(=O)COC(C)C)C(=O)O)ccc1O. The number of phenolic OH excluding ortho intramolecular Hbond substituents is 1. The number of carbonyl (C=O) groups excluding carboxylic acids is 1. The molecule has 3 N–H and O–H groups in total. The highest BCUT2D eigenvalue weighted by Gasteiger charge is 2.21. The van der Waals surface area contributed by atoms with Crippen LogP contribution in [0.15, 0.2) is 18.2 Å². The summed E-state index contributed by atoms with van der Waals surface area (Å²) < 4.78 is 10.1. The second-order valence-corrected chi connectivity index (χ2v) is 5.03. The molecule has 1 rings (SSSR count). The molecule has 0 spiro atoms. The lowest BCUT2D eigenvalue weighted by Gasteiger charge is -2.16. The number of benzene rings is 1. The van der Waals surface area contributed by atoms with Gasteiger partial charge in [0.05, 0.1) is 13.2 Å². The molecule has 22 heavy (non-hydrogen) atoms. The van der Waals surface area contributed by atoms with Crippen molar-refractivity contribution in [2.75, 3.05) is 13.7 Å². The summed E-state index contributed by atoms with van der Waals surface area (Å²) in [6.07, 6.45) is -0.0465. The van der Waals surface area contributed by atoms with Crippen LogP contribution >= 0.6 is 0 Å². The van der Waals surface area contributed by atoms with E-state index in [1.165, 1.54) is 19.2 Å². The Balaban J connectivity index is 2.72. The van der Waals surface area contributed by atoms with Crippen LogP contribution in [0, 0.1) is 0 Å². The average Bonchev–Trinajstić information content (AvgIpc) is 2.46. The lowest BCUT2D eigenvalue weighted by atomic mass is 10.1. The van der Waals surface area contributed by atoms with Crippen molar-refractivity contribution in [3.63, 3.8) is 0 Å². The Morgan fingerprint density at radius 1 is 1.32 bits per heavy atom. The number of carboxylic acid groups (broad SMARTS) is 1. The van der Waals surface area contributed by atoms with Crippen molar-refractivity contribution in [3.8, 4) is 11.5 Å². The van der Waals surface area contributed by atoms with Crippen molar-refractivity contribution in [2.45, 2.75) is 32.4 Å². The molecule has 7 heteroatoms. The number of hydrogen-bond acceptors (Lipinski definition) is 5. The molecule has 0 aliphatic heterocycles. The number of amides is 1. The van der Waals surface area contributed by atoms with E-state index >= 15 is 0 Å². The Morgan fingerprint density at radius 2 is 2.00 bits per heavy atom. The summed E-state index contributed by atoms with van der Waals surface area (Å²) in [5.41, 5.74) is 0.618. The predicted octanol–water partition coefficient (Wildman–Crippen LogP) is 0.938. The van der Waals surface area contributed by atoms with Crippen LogP contribution in [0.2, 0.25) is 0 Å². The molecular formula is C15H21NO6. The number of nitrogens with one attached hydrogen (secondary N) is 1. The Labute approximate surface area is 128 Å². The molecule has 0 aliphatic carbocycles. The summed E-state index contributed by atoms with van der Waals surface area (Å²) >= 11 is 0. The Morgan fingerprint density at radius 3 is 2.55 bits per heavy atom. The van der Waals surface area contributed by atoms with Gasteiger partial charge in [-0.15, -0.1) is 0 Å². The first kappa shape index (κ1) is 17.8. The zero-order chi connectivity index (χ0) is 16.7.